The van der Waals surface area contributed by atoms with Crippen LogP contribution >= 0.6 is 0 Å². The number of hydrogen-bond donors (Lipinski definition) is 1. The predicted octanol–water partition coefficient (Wildman–Crippen LogP) is 1.64. The molecule has 0 fully saturated rings. The molecule has 10 heteroatoms. The van der Waals surface area contributed by atoms with E-state index in [0.29, 0.717) is 11.9 Å². The lowest BCUT2D eigenvalue weighted by Gasteiger charge is -2.10. The average Bonchev–Trinajstić information content (AvgIpc) is 2.83. The molecular formula is C12H11F3N4O3. The van der Waals surface area contributed by atoms with Crippen molar-refractivity contribution in [1.82, 2.24) is 19.7 Å². The summed E-state index contributed by atoms with van der Waals surface area (Å²) in [5.74, 6) is -1.05. The van der Waals surface area contributed by atoms with Gasteiger partial charge in [0.1, 0.15) is 18.6 Å². The van der Waals surface area contributed by atoms with Crippen molar-refractivity contribution < 1.29 is 27.8 Å². The quantitative estimate of drug-likeness (QED) is 0.902. The Balaban J connectivity index is 2.14. The zero-order valence-corrected chi connectivity index (χ0v) is 11.3. The third-order valence-corrected chi connectivity index (χ3v) is 2.61. The summed E-state index contributed by atoms with van der Waals surface area (Å²) in [6, 6.07) is 1.48. The van der Waals surface area contributed by atoms with E-state index in [-0.39, 0.29) is 17.9 Å². The second kappa shape index (κ2) is 6.10. The first-order valence-electron chi connectivity index (χ1n) is 6.00. The minimum absolute atomic E-state index is 0.0716. The lowest BCUT2D eigenvalue weighted by atomic mass is 10.1. The fourth-order valence-electron chi connectivity index (χ4n) is 1.65. The third kappa shape index (κ3) is 3.79. The SMILES string of the molecule is Cn1cnc(COCc2nc(C(F)(F)F)ccc2C(=O)O)n1. The number of carbonyl (C=O) groups is 1. The molecule has 0 aliphatic carbocycles. The summed E-state index contributed by atoms with van der Waals surface area (Å²) in [6.45, 7) is -0.471. The number of nitrogens with zero attached hydrogens (tertiary/aromatic N) is 4. The molecule has 0 saturated carbocycles. The van der Waals surface area contributed by atoms with Gasteiger partial charge in [-0.3, -0.25) is 4.68 Å². The minimum atomic E-state index is -4.66. The first kappa shape index (κ1) is 15.9. The lowest BCUT2D eigenvalue weighted by molar-refractivity contribution is -0.141. The number of carboxylic acids is 1. The lowest BCUT2D eigenvalue weighted by Crippen LogP contribution is -2.14. The van der Waals surface area contributed by atoms with Crippen LogP contribution in [0.5, 0.6) is 0 Å². The van der Waals surface area contributed by atoms with Crippen molar-refractivity contribution in [3.63, 3.8) is 0 Å². The number of carboxylic acid groups (broad SMARTS) is 1. The van der Waals surface area contributed by atoms with Gasteiger partial charge < -0.3 is 9.84 Å². The van der Waals surface area contributed by atoms with E-state index in [4.69, 9.17) is 9.84 Å². The van der Waals surface area contributed by atoms with Gasteiger partial charge in [-0.1, -0.05) is 0 Å². The molecule has 0 aliphatic heterocycles. The standard InChI is InChI=1S/C12H11F3N4O3/c1-19-6-16-10(18-19)5-22-4-8-7(11(20)21)2-3-9(17-8)12(13,14)15/h2-3,6H,4-5H2,1H3,(H,20,21). The number of pyridine rings is 1. The van der Waals surface area contributed by atoms with E-state index in [2.05, 4.69) is 15.1 Å². The number of aromatic carboxylic acids is 1. The number of ether oxygens (including phenoxy) is 1. The van der Waals surface area contributed by atoms with Gasteiger partial charge >= 0.3 is 12.1 Å². The topological polar surface area (TPSA) is 90.1 Å². The van der Waals surface area contributed by atoms with Crippen LogP contribution in [0.25, 0.3) is 0 Å². The number of aryl methyl sites for hydroxylation is 1. The number of hydrogen-bond acceptors (Lipinski definition) is 5. The van der Waals surface area contributed by atoms with Gasteiger partial charge in [0, 0.05) is 7.05 Å². The Bertz CT molecular complexity index is 684. The van der Waals surface area contributed by atoms with Crippen LogP contribution in [0.3, 0.4) is 0 Å². The summed E-state index contributed by atoms with van der Waals surface area (Å²) in [7, 11) is 1.65. The van der Waals surface area contributed by atoms with Gasteiger partial charge in [-0.15, -0.1) is 0 Å². The molecule has 0 unspecified atom stereocenters. The van der Waals surface area contributed by atoms with E-state index >= 15 is 0 Å². The minimum Gasteiger partial charge on any atom is -0.478 e. The maximum atomic E-state index is 12.6. The normalized spacial score (nSPS) is 11.6. The van der Waals surface area contributed by atoms with Crippen molar-refractivity contribution in [2.24, 2.45) is 7.05 Å². The number of aromatic nitrogens is 4. The predicted molar refractivity (Wildman–Crippen MR) is 65.7 cm³/mol. The van der Waals surface area contributed by atoms with Gasteiger partial charge in [-0.25, -0.2) is 14.8 Å². The van der Waals surface area contributed by atoms with Gasteiger partial charge in [-0.2, -0.15) is 18.3 Å². The van der Waals surface area contributed by atoms with Gasteiger partial charge in [0.2, 0.25) is 0 Å². The second-order valence-electron chi connectivity index (χ2n) is 4.32. The van der Waals surface area contributed by atoms with Gasteiger partial charge in [-0.05, 0) is 12.1 Å². The summed E-state index contributed by atoms with van der Waals surface area (Å²) in [4.78, 5) is 18.2. The number of rotatable bonds is 5. The molecule has 0 aromatic carbocycles. The highest BCUT2D eigenvalue weighted by molar-refractivity contribution is 5.88. The van der Waals surface area contributed by atoms with E-state index in [1.165, 1.54) is 11.0 Å². The van der Waals surface area contributed by atoms with E-state index in [1.807, 2.05) is 0 Å². The van der Waals surface area contributed by atoms with Crippen molar-refractivity contribution in [3.05, 3.63) is 41.2 Å². The van der Waals surface area contributed by atoms with Crippen LogP contribution < -0.4 is 0 Å². The highest BCUT2D eigenvalue weighted by Gasteiger charge is 2.33. The van der Waals surface area contributed by atoms with Crippen LogP contribution in [0.1, 0.15) is 27.6 Å². The van der Waals surface area contributed by atoms with Gasteiger partial charge in [0.15, 0.2) is 5.82 Å². The fraction of sp³-hybridized carbons (Fsp3) is 0.333. The Hall–Kier alpha value is -2.49. The van der Waals surface area contributed by atoms with E-state index in [1.54, 1.807) is 7.05 Å². The zero-order valence-electron chi connectivity index (χ0n) is 11.3. The summed E-state index contributed by atoms with van der Waals surface area (Å²) < 4.78 is 44.4. The summed E-state index contributed by atoms with van der Waals surface area (Å²) in [5.41, 5.74) is -1.83. The van der Waals surface area contributed by atoms with Gasteiger partial charge in [0.25, 0.3) is 0 Å². The smallest absolute Gasteiger partial charge is 0.433 e. The Morgan fingerprint density at radius 1 is 1.36 bits per heavy atom. The zero-order chi connectivity index (χ0) is 16.3. The van der Waals surface area contributed by atoms with Crippen molar-refractivity contribution in [2.75, 3.05) is 0 Å². The Morgan fingerprint density at radius 2 is 2.09 bits per heavy atom. The molecule has 0 saturated heterocycles. The van der Waals surface area contributed by atoms with Crippen LogP contribution in [-0.2, 0) is 31.2 Å². The molecule has 2 aromatic heterocycles. The molecule has 1 N–H and O–H groups in total. The summed E-state index contributed by atoms with van der Waals surface area (Å²) in [6.07, 6.45) is -3.22. The molecule has 2 heterocycles. The van der Waals surface area contributed by atoms with Crippen LogP contribution in [0.2, 0.25) is 0 Å². The van der Waals surface area contributed by atoms with Gasteiger partial charge in [0.05, 0.1) is 17.9 Å². The number of halogens is 3. The molecule has 0 bridgehead atoms. The van der Waals surface area contributed by atoms with Crippen LogP contribution in [-0.4, -0.2) is 30.8 Å². The molecule has 0 atom stereocenters. The molecule has 2 aromatic rings. The molecule has 0 amide bonds. The van der Waals surface area contributed by atoms with Crippen molar-refractivity contribution in [2.45, 2.75) is 19.4 Å². The molecule has 118 valence electrons. The Labute approximate surface area is 122 Å². The summed E-state index contributed by atoms with van der Waals surface area (Å²) >= 11 is 0. The van der Waals surface area contributed by atoms with E-state index in [0.717, 1.165) is 6.07 Å². The molecule has 0 aliphatic rings. The second-order valence-corrected chi connectivity index (χ2v) is 4.32. The first-order valence-corrected chi connectivity index (χ1v) is 6.00. The highest BCUT2D eigenvalue weighted by Crippen LogP contribution is 2.28. The van der Waals surface area contributed by atoms with Crippen molar-refractivity contribution >= 4 is 5.97 Å². The van der Waals surface area contributed by atoms with Crippen LogP contribution in [0, 0.1) is 0 Å². The molecule has 22 heavy (non-hydrogen) atoms. The molecule has 2 rings (SSSR count). The average molecular weight is 316 g/mol. The first-order chi connectivity index (χ1) is 10.3. The van der Waals surface area contributed by atoms with Crippen LogP contribution in [0.15, 0.2) is 18.5 Å². The monoisotopic (exact) mass is 316 g/mol. The molecular weight excluding hydrogens is 305 g/mol. The van der Waals surface area contributed by atoms with Crippen molar-refractivity contribution in [1.29, 1.82) is 0 Å². The third-order valence-electron chi connectivity index (χ3n) is 2.61. The highest BCUT2D eigenvalue weighted by atomic mass is 19.4. The molecule has 0 spiro atoms. The van der Waals surface area contributed by atoms with E-state index in [9.17, 15) is 18.0 Å². The maximum absolute atomic E-state index is 12.6. The largest absolute Gasteiger partial charge is 0.478 e. The fourth-order valence-corrected chi connectivity index (χ4v) is 1.65. The number of alkyl halides is 3. The van der Waals surface area contributed by atoms with Crippen molar-refractivity contribution in [3.8, 4) is 0 Å². The van der Waals surface area contributed by atoms with E-state index < -0.39 is 24.4 Å². The maximum Gasteiger partial charge on any atom is 0.433 e. The Morgan fingerprint density at radius 3 is 2.64 bits per heavy atom. The summed E-state index contributed by atoms with van der Waals surface area (Å²) in [5, 5.41) is 12.9. The Kier molecular flexibility index (Phi) is 4.40. The van der Waals surface area contributed by atoms with Crippen LogP contribution in [0.4, 0.5) is 13.2 Å². The molecule has 0 radical (unpaired) electrons. The molecule has 7 nitrogen and oxygen atoms in total.